The van der Waals surface area contributed by atoms with E-state index < -0.39 is 6.29 Å². The van der Waals surface area contributed by atoms with Crippen LogP contribution in [0.5, 0.6) is 11.5 Å². The number of hydrogen-bond donors (Lipinski definition) is 0. The summed E-state index contributed by atoms with van der Waals surface area (Å²) in [5.41, 5.74) is 0. The number of alkyl halides is 2. The molecular formula is C13H10F2O2. The van der Waals surface area contributed by atoms with Gasteiger partial charge >= 0.3 is 6.29 Å². The zero-order valence-corrected chi connectivity index (χ0v) is 8.85. The molecule has 2 aromatic rings. The summed E-state index contributed by atoms with van der Waals surface area (Å²) in [5, 5.41) is 0. The van der Waals surface area contributed by atoms with E-state index in [0.717, 1.165) is 0 Å². The summed E-state index contributed by atoms with van der Waals surface area (Å²) in [7, 11) is 0. The highest BCUT2D eigenvalue weighted by Gasteiger charge is 2.35. The summed E-state index contributed by atoms with van der Waals surface area (Å²) >= 11 is 0. The molecule has 0 bridgehead atoms. The Morgan fingerprint density at radius 1 is 0.647 bits per heavy atom. The minimum absolute atomic E-state index is 0.0495. The van der Waals surface area contributed by atoms with Crippen molar-refractivity contribution in [3.8, 4) is 11.5 Å². The number of para-hydroxylation sites is 2. The highest BCUT2D eigenvalue weighted by Crippen LogP contribution is 2.24. The molecule has 0 spiro atoms. The highest BCUT2D eigenvalue weighted by molar-refractivity contribution is 5.23. The molecule has 0 unspecified atom stereocenters. The monoisotopic (exact) mass is 236 g/mol. The Labute approximate surface area is 97.4 Å². The lowest BCUT2D eigenvalue weighted by Gasteiger charge is -2.17. The molecule has 0 N–H and O–H groups in total. The van der Waals surface area contributed by atoms with Crippen LogP contribution >= 0.6 is 0 Å². The third-order valence-corrected chi connectivity index (χ3v) is 1.96. The Hall–Kier alpha value is -2.10. The maximum atomic E-state index is 13.4. The van der Waals surface area contributed by atoms with Crippen LogP contribution in [0.3, 0.4) is 0 Å². The second kappa shape index (κ2) is 4.82. The summed E-state index contributed by atoms with van der Waals surface area (Å²) < 4.78 is 35.6. The molecular weight excluding hydrogens is 226 g/mol. The topological polar surface area (TPSA) is 18.5 Å². The average Bonchev–Trinajstić information content (AvgIpc) is 2.30. The Kier molecular flexibility index (Phi) is 3.23. The van der Waals surface area contributed by atoms with Crippen LogP contribution in [0.2, 0.25) is 0 Å². The van der Waals surface area contributed by atoms with Crippen molar-refractivity contribution in [3.05, 3.63) is 60.7 Å². The lowest BCUT2D eigenvalue weighted by molar-refractivity contribution is -0.308. The summed E-state index contributed by atoms with van der Waals surface area (Å²) in [4.78, 5) is 0. The quantitative estimate of drug-likeness (QED) is 0.753. The first-order valence-corrected chi connectivity index (χ1v) is 5.02. The molecule has 0 heterocycles. The summed E-state index contributed by atoms with van der Waals surface area (Å²) in [5.74, 6) is 0.0989. The third-order valence-electron chi connectivity index (χ3n) is 1.96. The molecule has 2 nitrogen and oxygen atoms in total. The van der Waals surface area contributed by atoms with Crippen LogP contribution in [-0.4, -0.2) is 6.29 Å². The number of benzene rings is 2. The van der Waals surface area contributed by atoms with E-state index in [-0.39, 0.29) is 11.5 Å². The van der Waals surface area contributed by atoms with Crippen molar-refractivity contribution >= 4 is 0 Å². The standard InChI is InChI=1S/C13H10F2O2/c14-13(15,16-11-7-3-1-4-8-11)17-12-9-5-2-6-10-12/h1-10H. The smallest absolute Gasteiger partial charge is 0.399 e. The van der Waals surface area contributed by atoms with E-state index in [4.69, 9.17) is 0 Å². The molecule has 0 aliphatic carbocycles. The number of hydrogen-bond acceptors (Lipinski definition) is 2. The van der Waals surface area contributed by atoms with Gasteiger partial charge in [0.25, 0.3) is 0 Å². The van der Waals surface area contributed by atoms with Crippen LogP contribution in [0.1, 0.15) is 0 Å². The zero-order valence-electron chi connectivity index (χ0n) is 8.85. The Morgan fingerprint density at radius 3 is 1.35 bits per heavy atom. The van der Waals surface area contributed by atoms with E-state index in [0.29, 0.717) is 0 Å². The van der Waals surface area contributed by atoms with E-state index in [1.165, 1.54) is 24.3 Å². The first kappa shape index (κ1) is 11.4. The first-order valence-electron chi connectivity index (χ1n) is 5.02. The first-order chi connectivity index (χ1) is 8.16. The lowest BCUT2D eigenvalue weighted by Crippen LogP contribution is -2.31. The largest absolute Gasteiger partial charge is 0.586 e. The molecule has 0 aliphatic heterocycles. The number of ether oxygens (including phenoxy) is 2. The summed E-state index contributed by atoms with van der Waals surface area (Å²) in [6.45, 7) is 0. The molecule has 0 atom stereocenters. The van der Waals surface area contributed by atoms with Crippen molar-refractivity contribution in [2.45, 2.75) is 6.29 Å². The van der Waals surface area contributed by atoms with Crippen molar-refractivity contribution in [3.63, 3.8) is 0 Å². The van der Waals surface area contributed by atoms with Gasteiger partial charge in [0.1, 0.15) is 11.5 Å². The van der Waals surface area contributed by atoms with Crippen molar-refractivity contribution < 1.29 is 18.3 Å². The molecule has 0 aromatic heterocycles. The lowest BCUT2D eigenvalue weighted by atomic mass is 10.3. The van der Waals surface area contributed by atoms with Gasteiger partial charge in [-0.05, 0) is 24.3 Å². The molecule has 0 amide bonds. The molecule has 0 aliphatic rings. The molecule has 2 aromatic carbocycles. The van der Waals surface area contributed by atoms with Crippen LogP contribution in [0.15, 0.2) is 60.7 Å². The van der Waals surface area contributed by atoms with Gasteiger partial charge in [-0.1, -0.05) is 36.4 Å². The van der Waals surface area contributed by atoms with Gasteiger partial charge in [-0.3, -0.25) is 0 Å². The highest BCUT2D eigenvalue weighted by atomic mass is 19.3. The fourth-order valence-corrected chi connectivity index (χ4v) is 1.27. The third kappa shape index (κ3) is 3.45. The van der Waals surface area contributed by atoms with Gasteiger partial charge in [0.15, 0.2) is 0 Å². The van der Waals surface area contributed by atoms with E-state index in [1.807, 2.05) is 0 Å². The van der Waals surface area contributed by atoms with Crippen molar-refractivity contribution in [1.29, 1.82) is 0 Å². The van der Waals surface area contributed by atoms with Gasteiger partial charge in [-0.2, -0.15) is 0 Å². The second-order valence-corrected chi connectivity index (χ2v) is 3.29. The molecule has 0 saturated carbocycles. The molecule has 2 rings (SSSR count). The van der Waals surface area contributed by atoms with Crippen molar-refractivity contribution in [2.24, 2.45) is 0 Å². The number of rotatable bonds is 4. The maximum Gasteiger partial charge on any atom is 0.586 e. The van der Waals surface area contributed by atoms with Crippen molar-refractivity contribution in [1.82, 2.24) is 0 Å². The average molecular weight is 236 g/mol. The predicted octanol–water partition coefficient (Wildman–Crippen LogP) is 3.69. The van der Waals surface area contributed by atoms with Crippen LogP contribution < -0.4 is 9.47 Å². The van der Waals surface area contributed by atoms with E-state index in [9.17, 15) is 8.78 Å². The summed E-state index contributed by atoms with van der Waals surface area (Å²) in [6, 6.07) is 15.6. The van der Waals surface area contributed by atoms with Gasteiger partial charge in [-0.25, -0.2) is 0 Å². The molecule has 4 heteroatoms. The fraction of sp³-hybridized carbons (Fsp3) is 0.0769. The Balaban J connectivity index is 2.04. The minimum atomic E-state index is -3.69. The molecule has 17 heavy (non-hydrogen) atoms. The summed E-state index contributed by atoms with van der Waals surface area (Å²) in [6.07, 6.45) is -3.69. The normalized spacial score (nSPS) is 10.9. The minimum Gasteiger partial charge on any atom is -0.399 e. The van der Waals surface area contributed by atoms with Gasteiger partial charge in [0.05, 0.1) is 0 Å². The fourth-order valence-electron chi connectivity index (χ4n) is 1.27. The Morgan fingerprint density at radius 2 is 1.00 bits per heavy atom. The van der Waals surface area contributed by atoms with Crippen LogP contribution in [-0.2, 0) is 0 Å². The number of halogens is 2. The van der Waals surface area contributed by atoms with Crippen molar-refractivity contribution in [2.75, 3.05) is 0 Å². The van der Waals surface area contributed by atoms with Gasteiger partial charge < -0.3 is 9.47 Å². The maximum absolute atomic E-state index is 13.4. The Bertz CT molecular complexity index is 414. The van der Waals surface area contributed by atoms with Crippen LogP contribution in [0.25, 0.3) is 0 Å². The zero-order chi connectivity index (χ0) is 12.1. The van der Waals surface area contributed by atoms with E-state index in [1.54, 1.807) is 36.4 Å². The van der Waals surface area contributed by atoms with Gasteiger partial charge in [-0.15, -0.1) is 8.78 Å². The molecule has 0 saturated heterocycles. The molecule has 0 fully saturated rings. The van der Waals surface area contributed by atoms with E-state index in [2.05, 4.69) is 9.47 Å². The van der Waals surface area contributed by atoms with Gasteiger partial charge in [0, 0.05) is 0 Å². The second-order valence-electron chi connectivity index (χ2n) is 3.29. The van der Waals surface area contributed by atoms with Crippen LogP contribution in [0, 0.1) is 0 Å². The van der Waals surface area contributed by atoms with Crippen LogP contribution in [0.4, 0.5) is 8.78 Å². The van der Waals surface area contributed by atoms with E-state index >= 15 is 0 Å². The van der Waals surface area contributed by atoms with Gasteiger partial charge in [0.2, 0.25) is 0 Å². The molecule has 0 radical (unpaired) electrons. The predicted molar refractivity (Wildman–Crippen MR) is 59.1 cm³/mol. The SMILES string of the molecule is FC(F)(Oc1ccccc1)Oc1ccccc1. The molecule has 88 valence electrons.